The van der Waals surface area contributed by atoms with Crippen molar-refractivity contribution in [3.05, 3.63) is 88.5 Å². The Balaban J connectivity index is 1.49. The third kappa shape index (κ3) is 5.70. The van der Waals surface area contributed by atoms with E-state index in [0.29, 0.717) is 36.1 Å². The average molecular weight is 560 g/mol. The molecule has 2 aromatic carbocycles. The number of hydrogen-bond donors (Lipinski definition) is 0. The molecule has 9 heteroatoms. The van der Waals surface area contributed by atoms with Crippen LogP contribution in [0, 0.1) is 5.92 Å². The van der Waals surface area contributed by atoms with Crippen molar-refractivity contribution in [2.75, 3.05) is 26.3 Å². The van der Waals surface area contributed by atoms with E-state index in [9.17, 15) is 14.4 Å². The number of esters is 2. The maximum absolute atomic E-state index is 13.6. The van der Waals surface area contributed by atoms with Crippen LogP contribution in [0.15, 0.2) is 82.3 Å². The minimum atomic E-state index is -0.523. The quantitative estimate of drug-likeness (QED) is 0.413. The Kier molecular flexibility index (Phi) is 8.69. The average Bonchev–Trinajstić information content (AvgIpc) is 3.39. The van der Waals surface area contributed by atoms with Crippen molar-refractivity contribution in [1.82, 2.24) is 9.80 Å². The summed E-state index contributed by atoms with van der Waals surface area (Å²) in [4.78, 5) is 48.2. The lowest BCUT2D eigenvalue weighted by atomic mass is 9.91. The highest BCUT2D eigenvalue weighted by atomic mass is 32.2. The lowest BCUT2D eigenvalue weighted by Crippen LogP contribution is -2.44. The van der Waals surface area contributed by atoms with Crippen LogP contribution in [0.25, 0.3) is 5.70 Å². The molecule has 1 saturated heterocycles. The number of likely N-dealkylation sites (tertiary alicyclic amines) is 1. The van der Waals surface area contributed by atoms with Gasteiger partial charge in [0.1, 0.15) is 0 Å². The SMILES string of the molecule is CCOC(=O)C1=C(c2ccccc2)N=C2SC=C(CC(=O)N3CCC[C@@H](C(=O)OCC)C3)N2[C@@H]1c1ccccc1. The molecule has 3 aliphatic rings. The van der Waals surface area contributed by atoms with E-state index in [-0.39, 0.29) is 30.8 Å². The maximum Gasteiger partial charge on any atom is 0.338 e. The number of fused-ring (bicyclic) bond motifs is 1. The molecule has 0 aromatic heterocycles. The molecule has 5 rings (SSSR count). The fourth-order valence-electron chi connectivity index (χ4n) is 5.36. The fourth-order valence-corrected chi connectivity index (χ4v) is 6.28. The smallest absolute Gasteiger partial charge is 0.338 e. The first-order valence-electron chi connectivity index (χ1n) is 13.7. The van der Waals surface area contributed by atoms with Gasteiger partial charge in [-0.1, -0.05) is 72.4 Å². The van der Waals surface area contributed by atoms with Crippen molar-refractivity contribution in [3.63, 3.8) is 0 Å². The molecule has 0 unspecified atom stereocenters. The molecule has 1 fully saturated rings. The molecular formula is C31H33N3O5S. The zero-order valence-electron chi connectivity index (χ0n) is 22.7. The van der Waals surface area contributed by atoms with E-state index in [1.54, 1.807) is 18.7 Å². The Morgan fingerprint density at radius 1 is 0.975 bits per heavy atom. The number of rotatable bonds is 8. The van der Waals surface area contributed by atoms with Gasteiger partial charge in [0.05, 0.1) is 42.9 Å². The first kappa shape index (κ1) is 27.7. The van der Waals surface area contributed by atoms with Crippen LogP contribution in [0.1, 0.15) is 50.3 Å². The van der Waals surface area contributed by atoms with Crippen LogP contribution >= 0.6 is 11.8 Å². The number of benzene rings is 2. The predicted molar refractivity (Wildman–Crippen MR) is 155 cm³/mol. The highest BCUT2D eigenvalue weighted by Crippen LogP contribution is 2.47. The second-order valence-electron chi connectivity index (χ2n) is 9.76. The third-order valence-corrected chi connectivity index (χ3v) is 8.08. The maximum atomic E-state index is 13.6. The number of amides is 1. The van der Waals surface area contributed by atoms with Crippen molar-refractivity contribution in [1.29, 1.82) is 0 Å². The van der Waals surface area contributed by atoms with Crippen molar-refractivity contribution >= 4 is 40.5 Å². The molecule has 8 nitrogen and oxygen atoms in total. The Bertz CT molecular complexity index is 1360. The number of amidine groups is 1. The minimum Gasteiger partial charge on any atom is -0.466 e. The van der Waals surface area contributed by atoms with Gasteiger partial charge in [-0.2, -0.15) is 0 Å². The van der Waals surface area contributed by atoms with Crippen molar-refractivity contribution < 1.29 is 23.9 Å². The van der Waals surface area contributed by atoms with Crippen molar-refractivity contribution in [2.45, 2.75) is 39.2 Å². The van der Waals surface area contributed by atoms with Crippen LogP contribution < -0.4 is 0 Å². The molecular weight excluding hydrogens is 526 g/mol. The van der Waals surface area contributed by atoms with Crippen LogP contribution in [-0.2, 0) is 23.9 Å². The van der Waals surface area contributed by atoms with E-state index in [4.69, 9.17) is 14.5 Å². The van der Waals surface area contributed by atoms with E-state index in [0.717, 1.165) is 29.7 Å². The second kappa shape index (κ2) is 12.6. The van der Waals surface area contributed by atoms with Crippen LogP contribution in [0.2, 0.25) is 0 Å². The largest absolute Gasteiger partial charge is 0.466 e. The summed E-state index contributed by atoms with van der Waals surface area (Å²) < 4.78 is 10.8. The van der Waals surface area contributed by atoms with Gasteiger partial charge in [0.15, 0.2) is 5.17 Å². The zero-order chi connectivity index (χ0) is 28.1. The molecule has 40 heavy (non-hydrogen) atoms. The Morgan fingerprint density at radius 3 is 2.38 bits per heavy atom. The number of hydrogen-bond acceptors (Lipinski definition) is 8. The molecule has 2 aromatic rings. The molecule has 3 heterocycles. The Labute approximate surface area is 238 Å². The van der Waals surface area contributed by atoms with E-state index in [1.807, 2.05) is 71.0 Å². The van der Waals surface area contributed by atoms with Gasteiger partial charge in [-0.3, -0.25) is 9.59 Å². The summed E-state index contributed by atoms with van der Waals surface area (Å²) >= 11 is 1.44. The van der Waals surface area contributed by atoms with Crippen molar-refractivity contribution in [2.24, 2.45) is 10.9 Å². The summed E-state index contributed by atoms with van der Waals surface area (Å²) in [6.07, 6.45) is 1.60. The van der Waals surface area contributed by atoms with E-state index in [2.05, 4.69) is 0 Å². The summed E-state index contributed by atoms with van der Waals surface area (Å²) in [7, 11) is 0. The zero-order valence-corrected chi connectivity index (χ0v) is 23.6. The van der Waals surface area contributed by atoms with Gasteiger partial charge in [-0.25, -0.2) is 9.79 Å². The monoisotopic (exact) mass is 559 g/mol. The molecule has 0 spiro atoms. The van der Waals surface area contributed by atoms with Gasteiger partial charge in [0.25, 0.3) is 0 Å². The van der Waals surface area contributed by atoms with Crippen LogP contribution in [-0.4, -0.2) is 59.1 Å². The summed E-state index contributed by atoms with van der Waals surface area (Å²) in [5.74, 6) is -1.05. The first-order chi connectivity index (χ1) is 19.5. The molecule has 3 aliphatic heterocycles. The highest BCUT2D eigenvalue weighted by molar-refractivity contribution is 8.16. The molecule has 0 aliphatic carbocycles. The summed E-state index contributed by atoms with van der Waals surface area (Å²) in [6.45, 7) is 5.09. The summed E-state index contributed by atoms with van der Waals surface area (Å²) in [5.41, 5.74) is 3.48. The van der Waals surface area contributed by atoms with Crippen molar-refractivity contribution in [3.8, 4) is 0 Å². The number of aliphatic imine (C=N–C) groups is 1. The third-order valence-electron chi connectivity index (χ3n) is 7.19. The Morgan fingerprint density at radius 2 is 1.68 bits per heavy atom. The standard InChI is InChI=1S/C31H33N3O5S/c1-3-38-29(36)23-16-11-17-33(19-23)25(35)18-24-20-40-31-32-27(21-12-7-5-8-13-21)26(30(37)39-4-2)28(34(24)31)22-14-9-6-10-15-22/h5-10,12-15,20,23,28H,3-4,11,16-19H2,1-2H3/t23-,28-/m1/s1. The second-order valence-corrected chi connectivity index (χ2v) is 10.6. The number of ether oxygens (including phenoxy) is 2. The summed E-state index contributed by atoms with van der Waals surface area (Å²) in [6, 6.07) is 18.9. The number of carbonyl (C=O) groups is 3. The number of nitrogens with zero attached hydrogens (tertiary/aromatic N) is 3. The topological polar surface area (TPSA) is 88.5 Å². The molecule has 0 bridgehead atoms. The summed E-state index contributed by atoms with van der Waals surface area (Å²) in [5, 5.41) is 2.64. The van der Waals surface area contributed by atoms with Gasteiger partial charge in [-0.15, -0.1) is 0 Å². The normalized spacial score (nSPS) is 20.4. The molecule has 0 radical (unpaired) electrons. The van der Waals surface area contributed by atoms with E-state index >= 15 is 0 Å². The molecule has 0 N–H and O–H groups in total. The highest BCUT2D eigenvalue weighted by Gasteiger charge is 2.42. The predicted octanol–water partition coefficient (Wildman–Crippen LogP) is 5.15. The Hall–Kier alpha value is -3.85. The number of carbonyl (C=O) groups excluding carboxylic acids is 3. The minimum absolute atomic E-state index is 0.0653. The van der Waals surface area contributed by atoms with Gasteiger partial charge >= 0.3 is 11.9 Å². The van der Waals surface area contributed by atoms with E-state index < -0.39 is 12.0 Å². The van der Waals surface area contributed by atoms with E-state index in [1.165, 1.54) is 11.8 Å². The van der Waals surface area contributed by atoms with Crippen LogP contribution in [0.3, 0.4) is 0 Å². The molecule has 2 atom stereocenters. The first-order valence-corrected chi connectivity index (χ1v) is 14.6. The lowest BCUT2D eigenvalue weighted by Gasteiger charge is -2.37. The number of piperidine rings is 1. The molecule has 208 valence electrons. The molecule has 1 amide bonds. The van der Waals surface area contributed by atoms with Crippen LogP contribution in [0.5, 0.6) is 0 Å². The number of thioether (sulfide) groups is 1. The van der Waals surface area contributed by atoms with Gasteiger partial charge in [0, 0.05) is 24.4 Å². The van der Waals surface area contributed by atoms with Gasteiger partial charge in [-0.05, 0) is 37.7 Å². The van der Waals surface area contributed by atoms with Gasteiger partial charge < -0.3 is 19.3 Å². The fraction of sp³-hybridized carbons (Fsp3) is 0.355. The lowest BCUT2D eigenvalue weighted by molar-refractivity contribution is -0.151. The molecule has 0 saturated carbocycles. The van der Waals surface area contributed by atoms with Gasteiger partial charge in [0.2, 0.25) is 5.91 Å². The van der Waals surface area contributed by atoms with Crippen LogP contribution in [0.4, 0.5) is 0 Å².